The van der Waals surface area contributed by atoms with Crippen LogP contribution in [0.4, 0.5) is 0 Å². The predicted molar refractivity (Wildman–Crippen MR) is 85.2 cm³/mol. The Bertz CT molecular complexity index is 430. The van der Waals surface area contributed by atoms with E-state index in [9.17, 15) is 0 Å². The molecule has 1 fully saturated rings. The second-order valence-corrected chi connectivity index (χ2v) is 6.20. The van der Waals surface area contributed by atoms with E-state index in [0.717, 1.165) is 4.90 Å². The number of rotatable bonds is 7. The van der Waals surface area contributed by atoms with Gasteiger partial charge in [0.15, 0.2) is 0 Å². The molecule has 22 heavy (non-hydrogen) atoms. The van der Waals surface area contributed by atoms with E-state index in [1.165, 1.54) is 0 Å². The minimum atomic E-state index is -0.234. The highest BCUT2D eigenvalue weighted by molar-refractivity contribution is 7.99. The largest absolute Gasteiger partial charge is 0.382 e. The van der Waals surface area contributed by atoms with Crippen molar-refractivity contribution in [1.82, 2.24) is 0 Å². The van der Waals surface area contributed by atoms with Crippen molar-refractivity contribution in [2.45, 2.75) is 34.7 Å². The van der Waals surface area contributed by atoms with Gasteiger partial charge in [-0.3, -0.25) is 0 Å². The maximum atomic E-state index is 6.18. The molecule has 1 aromatic rings. The molecule has 0 unspecified atom stereocenters. The van der Waals surface area contributed by atoms with Crippen molar-refractivity contribution in [3.05, 3.63) is 30.3 Å². The summed E-state index contributed by atoms with van der Waals surface area (Å²) >= 11 is 1.62. The van der Waals surface area contributed by atoms with Crippen molar-refractivity contribution in [2.75, 3.05) is 35.0 Å². The van der Waals surface area contributed by atoms with Gasteiger partial charge in [-0.05, 0) is 12.1 Å². The Labute approximate surface area is 136 Å². The SMILES string of the molecule is COC[C@H]1O[C@@H](Sc2ccccc2)[C@H](OC)[C@@H](OC)[C@@H]1OC. The average Bonchev–Trinajstić information content (AvgIpc) is 2.55. The molecule has 5 nitrogen and oxygen atoms in total. The molecule has 0 bridgehead atoms. The second-order valence-electron chi connectivity index (χ2n) is 5.03. The zero-order chi connectivity index (χ0) is 15.9. The highest BCUT2D eigenvalue weighted by atomic mass is 32.2. The first-order chi connectivity index (χ1) is 10.7. The van der Waals surface area contributed by atoms with Crippen LogP contribution in [0.15, 0.2) is 35.2 Å². The predicted octanol–water partition coefficient (Wildman–Crippen LogP) is 2.20. The zero-order valence-electron chi connectivity index (χ0n) is 13.4. The summed E-state index contributed by atoms with van der Waals surface area (Å²) in [5.41, 5.74) is -0.191. The number of hydrogen-bond acceptors (Lipinski definition) is 6. The molecule has 124 valence electrons. The molecular weight excluding hydrogens is 304 g/mol. The first-order valence-electron chi connectivity index (χ1n) is 7.19. The van der Waals surface area contributed by atoms with Crippen LogP contribution in [0.5, 0.6) is 0 Å². The highest BCUT2D eigenvalue weighted by Gasteiger charge is 2.47. The molecule has 0 amide bonds. The van der Waals surface area contributed by atoms with Crippen LogP contribution >= 0.6 is 11.8 Å². The Morgan fingerprint density at radius 1 is 0.909 bits per heavy atom. The molecule has 0 N–H and O–H groups in total. The topological polar surface area (TPSA) is 46.2 Å². The van der Waals surface area contributed by atoms with Gasteiger partial charge in [-0.15, -0.1) is 0 Å². The van der Waals surface area contributed by atoms with Gasteiger partial charge in [0.25, 0.3) is 0 Å². The lowest BCUT2D eigenvalue weighted by Crippen LogP contribution is -2.59. The van der Waals surface area contributed by atoms with Gasteiger partial charge in [0.1, 0.15) is 29.9 Å². The zero-order valence-corrected chi connectivity index (χ0v) is 14.2. The Hall–Kier alpha value is -0.630. The summed E-state index contributed by atoms with van der Waals surface area (Å²) in [6.07, 6.45) is -0.881. The van der Waals surface area contributed by atoms with Crippen LogP contribution in [0.25, 0.3) is 0 Å². The van der Waals surface area contributed by atoms with Crippen molar-refractivity contribution in [1.29, 1.82) is 0 Å². The van der Waals surface area contributed by atoms with E-state index < -0.39 is 0 Å². The Kier molecular flexibility index (Phi) is 7.14. The van der Waals surface area contributed by atoms with Crippen LogP contribution in [0, 0.1) is 0 Å². The fourth-order valence-corrected chi connectivity index (χ4v) is 3.89. The van der Waals surface area contributed by atoms with Crippen LogP contribution in [0.3, 0.4) is 0 Å². The van der Waals surface area contributed by atoms with Crippen LogP contribution in [0.2, 0.25) is 0 Å². The van der Waals surface area contributed by atoms with Crippen molar-refractivity contribution in [2.24, 2.45) is 0 Å². The maximum Gasteiger partial charge on any atom is 0.137 e. The van der Waals surface area contributed by atoms with Gasteiger partial charge < -0.3 is 23.7 Å². The van der Waals surface area contributed by atoms with Gasteiger partial charge in [0.2, 0.25) is 0 Å². The monoisotopic (exact) mass is 328 g/mol. The molecule has 2 rings (SSSR count). The fourth-order valence-electron chi connectivity index (χ4n) is 2.71. The molecule has 5 atom stereocenters. The first-order valence-corrected chi connectivity index (χ1v) is 8.07. The van der Waals surface area contributed by atoms with E-state index in [0.29, 0.717) is 6.61 Å². The van der Waals surface area contributed by atoms with Crippen molar-refractivity contribution >= 4 is 11.8 Å². The lowest BCUT2D eigenvalue weighted by atomic mass is 9.99. The molecule has 1 aromatic carbocycles. The minimum Gasteiger partial charge on any atom is -0.382 e. The van der Waals surface area contributed by atoms with E-state index in [2.05, 4.69) is 12.1 Å². The second kappa shape index (κ2) is 8.86. The molecule has 0 radical (unpaired) electrons. The molecule has 1 heterocycles. The summed E-state index contributed by atoms with van der Waals surface area (Å²) in [6, 6.07) is 10.1. The smallest absolute Gasteiger partial charge is 0.137 e. The van der Waals surface area contributed by atoms with Crippen molar-refractivity contribution in [3.8, 4) is 0 Å². The summed E-state index contributed by atoms with van der Waals surface area (Å²) in [4.78, 5) is 1.12. The number of benzene rings is 1. The Morgan fingerprint density at radius 2 is 1.55 bits per heavy atom. The average molecular weight is 328 g/mol. The Balaban J connectivity index is 2.19. The van der Waals surface area contributed by atoms with Gasteiger partial charge in [0, 0.05) is 33.3 Å². The van der Waals surface area contributed by atoms with Crippen LogP contribution in [-0.2, 0) is 23.7 Å². The fraction of sp³-hybridized carbons (Fsp3) is 0.625. The minimum absolute atomic E-state index is 0.191. The summed E-state index contributed by atoms with van der Waals surface area (Å²) in [5, 5.41) is 0. The highest BCUT2D eigenvalue weighted by Crippen LogP contribution is 2.36. The van der Waals surface area contributed by atoms with Crippen molar-refractivity contribution in [3.63, 3.8) is 0 Å². The number of ether oxygens (including phenoxy) is 5. The first kappa shape index (κ1) is 17.7. The molecular formula is C16H24O5S. The number of hydrogen-bond donors (Lipinski definition) is 0. The Morgan fingerprint density at radius 3 is 2.09 bits per heavy atom. The van der Waals surface area contributed by atoms with Gasteiger partial charge in [-0.1, -0.05) is 30.0 Å². The molecule has 0 aromatic heterocycles. The molecule has 0 saturated carbocycles. The van der Waals surface area contributed by atoms with Gasteiger partial charge in [0.05, 0.1) is 6.61 Å². The third kappa shape index (κ3) is 4.01. The summed E-state index contributed by atoms with van der Waals surface area (Å²) in [6.45, 7) is 0.445. The molecule has 6 heteroatoms. The van der Waals surface area contributed by atoms with Crippen LogP contribution < -0.4 is 0 Å². The summed E-state index contributed by atoms with van der Waals surface area (Å²) < 4.78 is 28.3. The normalized spacial score (nSPS) is 32.1. The van der Waals surface area contributed by atoms with Crippen molar-refractivity contribution < 1.29 is 23.7 Å². The van der Waals surface area contributed by atoms with E-state index in [4.69, 9.17) is 23.7 Å². The van der Waals surface area contributed by atoms with Crippen LogP contribution in [0.1, 0.15) is 0 Å². The molecule has 0 spiro atoms. The molecule has 1 aliphatic heterocycles. The van der Waals surface area contributed by atoms with E-state index in [1.54, 1.807) is 40.2 Å². The van der Waals surface area contributed by atoms with Gasteiger partial charge >= 0.3 is 0 Å². The van der Waals surface area contributed by atoms with Gasteiger partial charge in [-0.2, -0.15) is 0 Å². The quantitative estimate of drug-likeness (QED) is 0.765. The number of thioether (sulfide) groups is 1. The number of methoxy groups -OCH3 is 4. The lowest BCUT2D eigenvalue weighted by molar-refractivity contribution is -0.229. The van der Waals surface area contributed by atoms with E-state index in [-0.39, 0.29) is 29.9 Å². The molecule has 1 saturated heterocycles. The summed E-state index contributed by atoms with van der Waals surface area (Å²) in [7, 11) is 6.64. The maximum absolute atomic E-state index is 6.18. The van der Waals surface area contributed by atoms with E-state index in [1.807, 2.05) is 18.2 Å². The van der Waals surface area contributed by atoms with Gasteiger partial charge in [-0.25, -0.2) is 0 Å². The molecule has 1 aliphatic rings. The summed E-state index contributed by atoms with van der Waals surface area (Å²) in [5.74, 6) is 0. The standard InChI is InChI=1S/C16H24O5S/c1-17-10-12-13(18-2)14(19-3)15(20-4)16(21-12)22-11-8-6-5-7-9-11/h5-9,12-16H,10H2,1-4H3/t12-,13-,14+,15-,16+/m1/s1. The third-order valence-electron chi connectivity index (χ3n) is 3.73. The van der Waals surface area contributed by atoms with Crippen LogP contribution in [-0.4, -0.2) is 64.9 Å². The van der Waals surface area contributed by atoms with E-state index >= 15 is 0 Å². The molecule has 0 aliphatic carbocycles. The lowest BCUT2D eigenvalue weighted by Gasteiger charge is -2.44. The third-order valence-corrected chi connectivity index (χ3v) is 4.89.